The number of para-hydroxylation sites is 1. The van der Waals surface area contributed by atoms with E-state index >= 15 is 0 Å². The maximum atomic E-state index is 14.7. The number of nitrogens with zero attached hydrogens (tertiary/aromatic N) is 5. The van der Waals surface area contributed by atoms with Crippen LogP contribution < -0.4 is 10.5 Å². The summed E-state index contributed by atoms with van der Waals surface area (Å²) in [6.45, 7) is 1.97. The number of rotatable bonds is 4. The first kappa shape index (κ1) is 21.4. The van der Waals surface area contributed by atoms with Crippen molar-refractivity contribution < 1.29 is 26.7 Å². The molecule has 7 nitrogen and oxygen atoms in total. The topological polar surface area (TPSA) is 94.7 Å². The highest BCUT2D eigenvalue weighted by Gasteiger charge is 2.63. The van der Waals surface area contributed by atoms with Crippen molar-refractivity contribution in [1.29, 1.82) is 5.26 Å². The van der Waals surface area contributed by atoms with E-state index in [1.807, 2.05) is 0 Å². The molecule has 0 saturated heterocycles. The fourth-order valence-corrected chi connectivity index (χ4v) is 3.60. The monoisotopic (exact) mass is 450 g/mol. The van der Waals surface area contributed by atoms with Gasteiger partial charge in [-0.05, 0) is 25.1 Å². The first-order valence-corrected chi connectivity index (χ1v) is 9.34. The molecular weight excluding hydrogens is 435 g/mol. The van der Waals surface area contributed by atoms with Crippen molar-refractivity contribution in [1.82, 2.24) is 19.6 Å². The Hall–Kier alpha value is -3.88. The minimum absolute atomic E-state index is 0.170. The number of nitriles is 1. The van der Waals surface area contributed by atoms with E-state index < -0.39 is 41.0 Å². The smallest absolute Gasteiger partial charge is 0.422 e. The van der Waals surface area contributed by atoms with Gasteiger partial charge in [-0.3, -0.25) is 4.68 Å². The van der Waals surface area contributed by atoms with Crippen LogP contribution in [-0.4, -0.2) is 25.7 Å². The van der Waals surface area contributed by atoms with Gasteiger partial charge in [0.25, 0.3) is 0 Å². The number of hydrogen-bond donors (Lipinski definition) is 1. The number of alkyl halides is 5. The summed E-state index contributed by atoms with van der Waals surface area (Å²) in [6, 6.07) is 10.8. The minimum atomic E-state index is -5.94. The molecule has 0 amide bonds. The molecule has 1 aromatic carbocycles. The highest BCUT2D eigenvalue weighted by atomic mass is 19.4. The van der Waals surface area contributed by atoms with Gasteiger partial charge >= 0.3 is 12.1 Å². The van der Waals surface area contributed by atoms with Crippen molar-refractivity contribution in [2.24, 2.45) is 5.73 Å². The van der Waals surface area contributed by atoms with Gasteiger partial charge in [-0.25, -0.2) is 0 Å². The lowest BCUT2D eigenvalue weighted by molar-refractivity contribution is -0.291. The molecule has 1 unspecified atom stereocenters. The zero-order valence-electron chi connectivity index (χ0n) is 16.4. The van der Waals surface area contributed by atoms with Crippen LogP contribution in [0.15, 0.2) is 54.1 Å². The van der Waals surface area contributed by atoms with Crippen LogP contribution in [0.4, 0.5) is 22.0 Å². The number of allylic oxidation sites excluding steroid dienone is 1. The van der Waals surface area contributed by atoms with Crippen molar-refractivity contribution >= 4 is 0 Å². The lowest BCUT2D eigenvalue weighted by atomic mass is 9.86. The van der Waals surface area contributed by atoms with E-state index in [9.17, 15) is 27.2 Å². The van der Waals surface area contributed by atoms with E-state index in [1.165, 1.54) is 29.1 Å². The van der Waals surface area contributed by atoms with E-state index in [0.29, 0.717) is 0 Å². The Morgan fingerprint density at radius 1 is 1.16 bits per heavy atom. The first-order valence-electron chi connectivity index (χ1n) is 9.34. The molecule has 166 valence electrons. The third-order valence-corrected chi connectivity index (χ3v) is 5.05. The molecule has 2 N–H and O–H groups in total. The van der Waals surface area contributed by atoms with Gasteiger partial charge in [0.2, 0.25) is 11.8 Å². The van der Waals surface area contributed by atoms with Gasteiger partial charge in [0.1, 0.15) is 17.3 Å². The van der Waals surface area contributed by atoms with Crippen LogP contribution in [-0.2, 0) is 12.5 Å². The molecule has 0 saturated carbocycles. The van der Waals surface area contributed by atoms with Gasteiger partial charge in [0.15, 0.2) is 0 Å². The summed E-state index contributed by atoms with van der Waals surface area (Å²) in [5.74, 6) is -7.58. The van der Waals surface area contributed by atoms with Crippen LogP contribution in [0, 0.1) is 11.3 Å². The van der Waals surface area contributed by atoms with E-state index in [4.69, 9.17) is 10.5 Å². The standard InChI is InChI=1S/C20H15F5N6O/c1-2-30-13(8-9-28-30)14-12(10-26)17(27)32-18-15(14)16(19(21,22)20(23,24)25)29-31(18)11-6-4-3-5-7-11/h3-9,14H,2,27H2,1H3. The fraction of sp³-hybridized carbons (Fsp3) is 0.250. The minimum Gasteiger partial charge on any atom is -0.422 e. The summed E-state index contributed by atoms with van der Waals surface area (Å²) in [5.41, 5.74) is 3.77. The molecule has 0 aliphatic carbocycles. The van der Waals surface area contributed by atoms with Crippen LogP contribution in [0.25, 0.3) is 5.69 Å². The van der Waals surface area contributed by atoms with Crippen LogP contribution in [0.3, 0.4) is 0 Å². The quantitative estimate of drug-likeness (QED) is 0.608. The SMILES string of the molecule is CCn1nccc1C1C(C#N)=C(N)Oc2c1c(C(F)(F)C(F)(F)F)nn2-c1ccccc1. The predicted molar refractivity (Wildman–Crippen MR) is 101 cm³/mol. The number of halogens is 5. The second-order valence-electron chi connectivity index (χ2n) is 6.88. The molecule has 4 rings (SSSR count). The molecule has 0 fully saturated rings. The van der Waals surface area contributed by atoms with Crippen LogP contribution >= 0.6 is 0 Å². The van der Waals surface area contributed by atoms with Crippen LogP contribution in [0.2, 0.25) is 0 Å². The summed E-state index contributed by atoms with van der Waals surface area (Å²) < 4.78 is 77.2. The summed E-state index contributed by atoms with van der Waals surface area (Å²) in [4.78, 5) is 0. The second-order valence-corrected chi connectivity index (χ2v) is 6.88. The van der Waals surface area contributed by atoms with E-state index in [-0.39, 0.29) is 23.5 Å². The largest absolute Gasteiger partial charge is 0.459 e. The molecule has 3 aromatic rings. The van der Waals surface area contributed by atoms with Gasteiger partial charge < -0.3 is 10.5 Å². The molecule has 1 atom stereocenters. The molecule has 0 spiro atoms. The molecule has 32 heavy (non-hydrogen) atoms. The van der Waals surface area contributed by atoms with Crippen molar-refractivity contribution in [2.45, 2.75) is 31.5 Å². The highest BCUT2D eigenvalue weighted by molar-refractivity contribution is 5.57. The molecular formula is C20H15F5N6O. The summed E-state index contributed by atoms with van der Waals surface area (Å²) >= 11 is 0. The number of ether oxygens (including phenoxy) is 1. The third kappa shape index (κ3) is 3.08. The van der Waals surface area contributed by atoms with Crippen molar-refractivity contribution in [2.75, 3.05) is 0 Å². The Morgan fingerprint density at radius 3 is 2.44 bits per heavy atom. The molecule has 12 heteroatoms. The van der Waals surface area contributed by atoms with Crippen molar-refractivity contribution in [3.05, 3.63) is 71.0 Å². The highest BCUT2D eigenvalue weighted by Crippen LogP contribution is 2.52. The van der Waals surface area contributed by atoms with E-state index in [0.717, 1.165) is 4.68 Å². The molecule has 1 aliphatic heterocycles. The lowest BCUT2D eigenvalue weighted by Gasteiger charge is -2.27. The number of hydrogen-bond acceptors (Lipinski definition) is 5. The molecule has 2 aromatic heterocycles. The van der Waals surface area contributed by atoms with Gasteiger partial charge in [0.05, 0.1) is 22.9 Å². The van der Waals surface area contributed by atoms with E-state index in [1.54, 1.807) is 31.2 Å². The van der Waals surface area contributed by atoms with E-state index in [2.05, 4.69) is 10.2 Å². The second kappa shape index (κ2) is 7.37. The van der Waals surface area contributed by atoms with Gasteiger partial charge in [-0.1, -0.05) is 18.2 Å². The van der Waals surface area contributed by atoms with Crippen LogP contribution in [0.1, 0.15) is 29.8 Å². The molecule has 0 bridgehead atoms. The Labute approximate surface area is 178 Å². The third-order valence-electron chi connectivity index (χ3n) is 5.05. The Bertz CT molecular complexity index is 1240. The zero-order valence-corrected chi connectivity index (χ0v) is 16.4. The number of aromatic nitrogens is 4. The first-order chi connectivity index (χ1) is 15.1. The number of nitrogens with two attached hydrogens (primary N) is 1. The van der Waals surface area contributed by atoms with Gasteiger partial charge in [-0.15, -0.1) is 0 Å². The number of benzene rings is 1. The Morgan fingerprint density at radius 2 is 1.84 bits per heavy atom. The molecule has 1 aliphatic rings. The summed E-state index contributed by atoms with van der Waals surface area (Å²) in [7, 11) is 0. The van der Waals surface area contributed by atoms with Crippen molar-refractivity contribution in [3.63, 3.8) is 0 Å². The maximum Gasteiger partial charge on any atom is 0.459 e. The Balaban J connectivity index is 2.10. The number of aryl methyl sites for hydroxylation is 1. The molecule has 3 heterocycles. The fourth-order valence-electron chi connectivity index (χ4n) is 3.60. The lowest BCUT2D eigenvalue weighted by Crippen LogP contribution is -2.36. The summed E-state index contributed by atoms with van der Waals surface area (Å²) in [6.07, 6.45) is -4.59. The van der Waals surface area contributed by atoms with Gasteiger partial charge in [0, 0.05) is 12.7 Å². The average Bonchev–Trinajstić information content (AvgIpc) is 3.37. The maximum absolute atomic E-state index is 14.7. The summed E-state index contributed by atoms with van der Waals surface area (Å²) in [5, 5.41) is 17.3. The van der Waals surface area contributed by atoms with Crippen LogP contribution in [0.5, 0.6) is 5.88 Å². The van der Waals surface area contributed by atoms with Crippen molar-refractivity contribution in [3.8, 4) is 17.6 Å². The Kier molecular flexibility index (Phi) is 4.92. The predicted octanol–water partition coefficient (Wildman–Crippen LogP) is 3.96. The number of fused-ring (bicyclic) bond motifs is 1. The normalized spacial score (nSPS) is 16.5. The zero-order chi connectivity index (χ0) is 23.3. The average molecular weight is 450 g/mol. The molecule has 0 radical (unpaired) electrons. The van der Waals surface area contributed by atoms with Gasteiger partial charge in [-0.2, -0.15) is 42.1 Å².